The number of aryl methyl sites for hydroxylation is 2. The zero-order valence-electron chi connectivity index (χ0n) is 14.6. The van der Waals surface area contributed by atoms with Gasteiger partial charge < -0.3 is 14.6 Å². The van der Waals surface area contributed by atoms with Crippen LogP contribution in [0.15, 0.2) is 28.9 Å². The van der Waals surface area contributed by atoms with E-state index in [2.05, 4.69) is 5.16 Å². The molecule has 28 heavy (non-hydrogen) atoms. The van der Waals surface area contributed by atoms with Crippen molar-refractivity contribution in [2.24, 2.45) is 0 Å². The first-order valence-electron chi connectivity index (χ1n) is 8.73. The first-order valence-corrected chi connectivity index (χ1v) is 8.73. The van der Waals surface area contributed by atoms with Gasteiger partial charge in [0.1, 0.15) is 6.10 Å². The van der Waals surface area contributed by atoms with Gasteiger partial charge in [-0.05, 0) is 43.0 Å². The Bertz CT molecular complexity index is 925. The van der Waals surface area contributed by atoms with Crippen LogP contribution in [0, 0.1) is 0 Å². The number of halogens is 3. The number of anilines is 1. The first kappa shape index (κ1) is 18.3. The number of carbonyl (C=O) groups is 2. The van der Waals surface area contributed by atoms with Crippen LogP contribution in [-0.4, -0.2) is 42.5 Å². The van der Waals surface area contributed by atoms with Crippen LogP contribution in [0.1, 0.15) is 17.5 Å². The minimum absolute atomic E-state index is 0.0450. The number of fused-ring (bicyclic) bond motifs is 3. The lowest BCUT2D eigenvalue weighted by Crippen LogP contribution is -2.41. The molecule has 1 N–H and O–H groups in total. The molecule has 0 bridgehead atoms. The molecule has 1 unspecified atom stereocenters. The van der Waals surface area contributed by atoms with Crippen molar-refractivity contribution in [2.75, 3.05) is 18.0 Å². The molecule has 1 aliphatic heterocycles. The van der Waals surface area contributed by atoms with Crippen LogP contribution in [0.5, 0.6) is 0 Å². The van der Waals surface area contributed by atoms with Gasteiger partial charge in [0.2, 0.25) is 0 Å². The lowest BCUT2D eigenvalue weighted by Gasteiger charge is -2.16. The Labute approximate surface area is 157 Å². The van der Waals surface area contributed by atoms with E-state index in [4.69, 9.17) is 9.26 Å². The highest BCUT2D eigenvalue weighted by atomic mass is 19.4. The minimum Gasteiger partial charge on any atom is -0.442 e. The van der Waals surface area contributed by atoms with Crippen molar-refractivity contribution in [2.45, 2.75) is 31.5 Å². The third kappa shape index (κ3) is 3.41. The normalized spacial score (nSPS) is 18.9. The first-order chi connectivity index (χ1) is 13.3. The molecular weight excluding hydrogens is 379 g/mol. The Morgan fingerprint density at radius 1 is 1.29 bits per heavy atom. The van der Waals surface area contributed by atoms with Crippen molar-refractivity contribution in [3.8, 4) is 11.3 Å². The number of aromatic nitrogens is 1. The van der Waals surface area contributed by atoms with E-state index in [0.29, 0.717) is 5.69 Å². The molecule has 1 fully saturated rings. The van der Waals surface area contributed by atoms with Crippen LogP contribution in [0.25, 0.3) is 11.3 Å². The summed E-state index contributed by atoms with van der Waals surface area (Å²) >= 11 is 0. The van der Waals surface area contributed by atoms with E-state index in [1.807, 2.05) is 12.1 Å². The van der Waals surface area contributed by atoms with E-state index in [-0.39, 0.29) is 6.54 Å². The van der Waals surface area contributed by atoms with Crippen molar-refractivity contribution in [3.63, 3.8) is 0 Å². The molecule has 2 heterocycles. The predicted molar refractivity (Wildman–Crippen MR) is 90.6 cm³/mol. The average Bonchev–Trinajstić information content (AvgIpc) is 3.21. The molecule has 4 rings (SSSR count). The number of amides is 2. The van der Waals surface area contributed by atoms with E-state index < -0.39 is 30.8 Å². The molecule has 1 aromatic heterocycles. The summed E-state index contributed by atoms with van der Waals surface area (Å²) in [5.74, 6) is -1.34. The van der Waals surface area contributed by atoms with Crippen molar-refractivity contribution >= 4 is 17.7 Å². The summed E-state index contributed by atoms with van der Waals surface area (Å²) in [7, 11) is 0. The summed E-state index contributed by atoms with van der Waals surface area (Å²) < 4.78 is 47.3. The van der Waals surface area contributed by atoms with E-state index >= 15 is 0 Å². The third-order valence-corrected chi connectivity index (χ3v) is 4.80. The second-order valence-electron chi connectivity index (χ2n) is 6.70. The highest BCUT2D eigenvalue weighted by Crippen LogP contribution is 2.35. The number of cyclic esters (lactones) is 1. The van der Waals surface area contributed by atoms with Gasteiger partial charge in [-0.3, -0.25) is 9.69 Å². The van der Waals surface area contributed by atoms with Gasteiger partial charge in [-0.1, -0.05) is 5.16 Å². The molecule has 1 atom stereocenters. The summed E-state index contributed by atoms with van der Waals surface area (Å²) in [6.45, 7) is -0.365. The summed E-state index contributed by atoms with van der Waals surface area (Å²) in [6.07, 6.45) is -2.26. The Kier molecular flexibility index (Phi) is 4.48. The monoisotopic (exact) mass is 395 g/mol. The van der Waals surface area contributed by atoms with E-state index in [1.165, 1.54) is 4.90 Å². The number of hydrogen-bond donors (Lipinski definition) is 1. The van der Waals surface area contributed by atoms with Crippen LogP contribution in [0.4, 0.5) is 23.7 Å². The number of nitrogens with zero attached hydrogens (tertiary/aromatic N) is 2. The van der Waals surface area contributed by atoms with Crippen molar-refractivity contribution in [1.82, 2.24) is 10.5 Å². The smallest absolute Gasteiger partial charge is 0.442 e. The lowest BCUT2D eigenvalue weighted by atomic mass is 10.0. The molecule has 0 radical (unpaired) electrons. The fourth-order valence-corrected chi connectivity index (χ4v) is 3.45. The number of carbonyl (C=O) groups excluding carboxylic acids is 2. The molecule has 1 saturated heterocycles. The van der Waals surface area contributed by atoms with E-state index in [9.17, 15) is 22.8 Å². The van der Waals surface area contributed by atoms with Crippen LogP contribution >= 0.6 is 0 Å². The number of benzene rings is 1. The van der Waals surface area contributed by atoms with Gasteiger partial charge in [0.05, 0.1) is 19.3 Å². The summed E-state index contributed by atoms with van der Waals surface area (Å²) in [5, 5.41) is 5.58. The van der Waals surface area contributed by atoms with Crippen LogP contribution in [0.2, 0.25) is 0 Å². The van der Waals surface area contributed by atoms with Crippen molar-refractivity contribution in [3.05, 3.63) is 35.5 Å². The SMILES string of the molecule is O=C1OC(CNC(=O)C(F)(F)F)CN1c1ccc2c(c1)CCCc1cnoc1-2. The van der Waals surface area contributed by atoms with E-state index in [0.717, 1.165) is 41.7 Å². The highest BCUT2D eigenvalue weighted by molar-refractivity contribution is 5.90. The largest absolute Gasteiger partial charge is 0.471 e. The number of alkyl halides is 3. The fraction of sp³-hybridized carbons (Fsp3) is 0.389. The molecule has 2 amide bonds. The molecule has 0 spiro atoms. The van der Waals surface area contributed by atoms with Gasteiger partial charge in [-0.15, -0.1) is 0 Å². The number of nitrogens with one attached hydrogen (secondary N) is 1. The average molecular weight is 395 g/mol. The summed E-state index contributed by atoms with van der Waals surface area (Å²) in [6, 6.07) is 5.42. The van der Waals surface area contributed by atoms with Gasteiger partial charge in [0.15, 0.2) is 5.76 Å². The Balaban J connectivity index is 1.49. The summed E-state index contributed by atoms with van der Waals surface area (Å²) in [5.41, 5.74) is 3.52. The van der Waals surface area contributed by atoms with Gasteiger partial charge in [0, 0.05) is 16.8 Å². The van der Waals surface area contributed by atoms with Crippen molar-refractivity contribution in [1.29, 1.82) is 0 Å². The van der Waals surface area contributed by atoms with Crippen molar-refractivity contribution < 1.29 is 32.0 Å². The molecule has 10 heteroatoms. The fourth-order valence-electron chi connectivity index (χ4n) is 3.45. The molecule has 0 saturated carbocycles. The highest BCUT2D eigenvalue weighted by Gasteiger charge is 2.40. The van der Waals surface area contributed by atoms with Crippen LogP contribution in [-0.2, 0) is 22.4 Å². The van der Waals surface area contributed by atoms with Crippen LogP contribution < -0.4 is 10.2 Å². The molecule has 2 aromatic rings. The zero-order valence-corrected chi connectivity index (χ0v) is 14.6. The minimum atomic E-state index is -4.97. The third-order valence-electron chi connectivity index (χ3n) is 4.80. The molecule has 1 aromatic carbocycles. The predicted octanol–water partition coefficient (Wildman–Crippen LogP) is 2.83. The molecule has 148 valence electrons. The number of ether oxygens (including phenoxy) is 1. The molecule has 1 aliphatic carbocycles. The lowest BCUT2D eigenvalue weighted by molar-refractivity contribution is -0.173. The van der Waals surface area contributed by atoms with Gasteiger partial charge in [-0.2, -0.15) is 13.2 Å². The Hall–Kier alpha value is -3.04. The maximum absolute atomic E-state index is 12.3. The Morgan fingerprint density at radius 2 is 2.07 bits per heavy atom. The van der Waals surface area contributed by atoms with Gasteiger partial charge in [0.25, 0.3) is 0 Å². The second-order valence-corrected chi connectivity index (χ2v) is 6.70. The number of rotatable bonds is 3. The maximum Gasteiger partial charge on any atom is 0.471 e. The molecule has 2 aliphatic rings. The molecular formula is C18H16F3N3O4. The van der Waals surface area contributed by atoms with Crippen LogP contribution in [0.3, 0.4) is 0 Å². The van der Waals surface area contributed by atoms with Gasteiger partial charge in [-0.25, -0.2) is 4.79 Å². The standard InChI is InChI=1S/C18H16F3N3O4/c19-18(20,21)16(25)22-8-13-9-24(17(26)27-13)12-4-5-14-10(6-12)2-1-3-11-7-23-28-15(11)14/h4-7,13H,1-3,8-9H2,(H,22,25). The topological polar surface area (TPSA) is 84.7 Å². The number of hydrogen-bond acceptors (Lipinski definition) is 5. The Morgan fingerprint density at radius 3 is 2.86 bits per heavy atom. The summed E-state index contributed by atoms with van der Waals surface area (Å²) in [4.78, 5) is 24.4. The molecule has 7 nitrogen and oxygen atoms in total. The van der Waals surface area contributed by atoms with Gasteiger partial charge >= 0.3 is 18.2 Å². The zero-order chi connectivity index (χ0) is 19.9. The second kappa shape index (κ2) is 6.84. The maximum atomic E-state index is 12.3. The quantitative estimate of drug-likeness (QED) is 0.864. The van der Waals surface area contributed by atoms with E-state index in [1.54, 1.807) is 17.6 Å².